The molecule has 0 atom stereocenters. The van der Waals surface area contributed by atoms with Crippen molar-refractivity contribution in [1.29, 1.82) is 0 Å². The first-order chi connectivity index (χ1) is 9.45. The van der Waals surface area contributed by atoms with Crippen molar-refractivity contribution in [3.05, 3.63) is 0 Å². The Bertz CT molecular complexity index is 205. The van der Waals surface area contributed by atoms with Gasteiger partial charge in [0.2, 0.25) is 0 Å². The molecule has 0 aromatic carbocycles. The molecule has 112 valence electrons. The Morgan fingerprint density at radius 3 is 2.16 bits per heavy atom. The fraction of sp³-hybridized carbons (Fsp3) is 1.00. The minimum absolute atomic E-state index is 0.579. The molecule has 0 spiro atoms. The van der Waals surface area contributed by atoms with E-state index in [0.29, 0.717) is 6.10 Å². The Morgan fingerprint density at radius 1 is 0.789 bits per heavy atom. The zero-order valence-corrected chi connectivity index (χ0v) is 12.7. The minimum Gasteiger partial charge on any atom is -0.378 e. The van der Waals surface area contributed by atoms with Crippen molar-refractivity contribution in [2.75, 3.05) is 19.7 Å². The van der Waals surface area contributed by atoms with E-state index in [2.05, 4.69) is 5.32 Å². The molecular formula is C17H33NO. The number of hydrogen-bond acceptors (Lipinski definition) is 2. The van der Waals surface area contributed by atoms with Crippen molar-refractivity contribution in [2.24, 2.45) is 5.92 Å². The average Bonchev–Trinajstić information content (AvgIpc) is 2.72. The smallest absolute Gasteiger partial charge is 0.0575 e. The van der Waals surface area contributed by atoms with Crippen molar-refractivity contribution in [2.45, 2.75) is 83.2 Å². The normalized spacial score (nSPS) is 23.4. The van der Waals surface area contributed by atoms with Crippen LogP contribution in [0.1, 0.15) is 77.0 Å². The van der Waals surface area contributed by atoms with Gasteiger partial charge in [-0.15, -0.1) is 0 Å². The summed E-state index contributed by atoms with van der Waals surface area (Å²) in [6, 6.07) is 0. The van der Waals surface area contributed by atoms with Crippen LogP contribution < -0.4 is 5.32 Å². The van der Waals surface area contributed by atoms with E-state index in [4.69, 9.17) is 4.74 Å². The molecule has 2 saturated carbocycles. The molecule has 0 saturated heterocycles. The van der Waals surface area contributed by atoms with Gasteiger partial charge in [0.15, 0.2) is 0 Å². The maximum Gasteiger partial charge on any atom is 0.0575 e. The summed E-state index contributed by atoms with van der Waals surface area (Å²) in [6.07, 6.45) is 17.3. The van der Waals surface area contributed by atoms with Gasteiger partial charge in [-0.3, -0.25) is 0 Å². The lowest BCUT2D eigenvalue weighted by Gasteiger charge is -2.22. The lowest BCUT2D eigenvalue weighted by molar-refractivity contribution is 0.0272. The van der Waals surface area contributed by atoms with E-state index in [1.807, 2.05) is 0 Å². The van der Waals surface area contributed by atoms with Crippen LogP contribution in [0.25, 0.3) is 0 Å². The van der Waals surface area contributed by atoms with Gasteiger partial charge in [-0.2, -0.15) is 0 Å². The summed E-state index contributed by atoms with van der Waals surface area (Å²) in [7, 11) is 0. The average molecular weight is 267 g/mol. The van der Waals surface area contributed by atoms with Gasteiger partial charge in [-0.1, -0.05) is 44.9 Å². The number of rotatable bonds is 7. The van der Waals surface area contributed by atoms with E-state index in [0.717, 1.165) is 19.1 Å². The second kappa shape index (κ2) is 9.77. The third-order valence-corrected chi connectivity index (χ3v) is 4.81. The molecule has 0 aliphatic heterocycles. The van der Waals surface area contributed by atoms with E-state index in [-0.39, 0.29) is 0 Å². The van der Waals surface area contributed by atoms with Gasteiger partial charge in [-0.05, 0) is 51.1 Å². The van der Waals surface area contributed by atoms with Gasteiger partial charge < -0.3 is 10.1 Å². The highest BCUT2D eigenvalue weighted by molar-refractivity contribution is 4.67. The Kier molecular flexibility index (Phi) is 7.87. The van der Waals surface area contributed by atoms with Gasteiger partial charge in [0.1, 0.15) is 0 Å². The molecule has 19 heavy (non-hydrogen) atoms. The van der Waals surface area contributed by atoms with Crippen LogP contribution >= 0.6 is 0 Å². The van der Waals surface area contributed by atoms with Gasteiger partial charge in [-0.25, -0.2) is 0 Å². The molecule has 2 rings (SSSR count). The Labute approximate surface area is 119 Å². The SMILES string of the molecule is C1CCCC(CNCCCOC2CCCCC2)CC1. The summed E-state index contributed by atoms with van der Waals surface area (Å²) in [5.74, 6) is 0.946. The third kappa shape index (κ3) is 6.76. The number of ether oxygens (including phenoxy) is 1. The highest BCUT2D eigenvalue weighted by atomic mass is 16.5. The first kappa shape index (κ1) is 15.3. The molecule has 0 unspecified atom stereocenters. The number of hydrogen-bond donors (Lipinski definition) is 1. The second-order valence-corrected chi connectivity index (χ2v) is 6.55. The zero-order chi connectivity index (χ0) is 13.2. The Balaban J connectivity index is 1.41. The standard InChI is InChI=1S/C17H33NO/c1-2-5-10-16(9-4-1)15-18-13-8-14-19-17-11-6-3-7-12-17/h16-18H,1-15H2. The minimum atomic E-state index is 0.579. The van der Waals surface area contributed by atoms with E-state index in [1.165, 1.54) is 83.6 Å². The molecule has 0 radical (unpaired) electrons. The van der Waals surface area contributed by atoms with E-state index in [1.54, 1.807) is 0 Å². The molecule has 0 amide bonds. The summed E-state index contributed by atoms with van der Waals surface area (Å²) < 4.78 is 5.95. The highest BCUT2D eigenvalue weighted by Crippen LogP contribution is 2.22. The molecule has 0 bridgehead atoms. The lowest BCUT2D eigenvalue weighted by atomic mass is 9.98. The van der Waals surface area contributed by atoms with E-state index >= 15 is 0 Å². The highest BCUT2D eigenvalue weighted by Gasteiger charge is 2.13. The largest absolute Gasteiger partial charge is 0.378 e. The second-order valence-electron chi connectivity index (χ2n) is 6.55. The fourth-order valence-corrected chi connectivity index (χ4v) is 3.55. The van der Waals surface area contributed by atoms with Crippen LogP contribution in [0.5, 0.6) is 0 Å². The van der Waals surface area contributed by atoms with Gasteiger partial charge in [0.25, 0.3) is 0 Å². The van der Waals surface area contributed by atoms with Crippen molar-refractivity contribution in [1.82, 2.24) is 5.32 Å². The summed E-state index contributed by atoms with van der Waals surface area (Å²) >= 11 is 0. The molecular weight excluding hydrogens is 234 g/mol. The van der Waals surface area contributed by atoms with Crippen LogP contribution in [0.4, 0.5) is 0 Å². The summed E-state index contributed by atoms with van der Waals surface area (Å²) in [4.78, 5) is 0. The molecule has 0 heterocycles. The molecule has 2 aliphatic rings. The van der Waals surface area contributed by atoms with Gasteiger partial charge in [0.05, 0.1) is 6.10 Å². The van der Waals surface area contributed by atoms with Gasteiger partial charge in [0, 0.05) is 6.61 Å². The summed E-state index contributed by atoms with van der Waals surface area (Å²) in [5, 5.41) is 3.64. The van der Waals surface area contributed by atoms with Crippen LogP contribution in [0.3, 0.4) is 0 Å². The van der Waals surface area contributed by atoms with Crippen LogP contribution in [-0.4, -0.2) is 25.8 Å². The summed E-state index contributed by atoms with van der Waals surface area (Å²) in [5.41, 5.74) is 0. The predicted molar refractivity (Wildman–Crippen MR) is 81.5 cm³/mol. The van der Waals surface area contributed by atoms with Crippen LogP contribution in [-0.2, 0) is 4.74 Å². The van der Waals surface area contributed by atoms with Crippen LogP contribution in [0, 0.1) is 5.92 Å². The van der Waals surface area contributed by atoms with E-state index in [9.17, 15) is 0 Å². The Morgan fingerprint density at radius 2 is 1.42 bits per heavy atom. The summed E-state index contributed by atoms with van der Waals surface area (Å²) in [6.45, 7) is 3.34. The Hall–Kier alpha value is -0.0800. The fourth-order valence-electron chi connectivity index (χ4n) is 3.55. The quantitative estimate of drug-likeness (QED) is 0.549. The topological polar surface area (TPSA) is 21.3 Å². The van der Waals surface area contributed by atoms with Crippen LogP contribution in [0.15, 0.2) is 0 Å². The molecule has 2 aliphatic carbocycles. The molecule has 2 nitrogen and oxygen atoms in total. The maximum absolute atomic E-state index is 5.95. The monoisotopic (exact) mass is 267 g/mol. The number of nitrogens with one attached hydrogen (secondary N) is 1. The van der Waals surface area contributed by atoms with E-state index < -0.39 is 0 Å². The van der Waals surface area contributed by atoms with Crippen molar-refractivity contribution < 1.29 is 4.74 Å². The van der Waals surface area contributed by atoms with Crippen molar-refractivity contribution >= 4 is 0 Å². The van der Waals surface area contributed by atoms with Crippen molar-refractivity contribution in [3.63, 3.8) is 0 Å². The van der Waals surface area contributed by atoms with Crippen molar-refractivity contribution in [3.8, 4) is 0 Å². The molecule has 1 N–H and O–H groups in total. The lowest BCUT2D eigenvalue weighted by Crippen LogP contribution is -2.25. The zero-order valence-electron chi connectivity index (χ0n) is 12.7. The maximum atomic E-state index is 5.95. The first-order valence-corrected chi connectivity index (χ1v) is 8.77. The van der Waals surface area contributed by atoms with Gasteiger partial charge >= 0.3 is 0 Å². The van der Waals surface area contributed by atoms with Crippen LogP contribution in [0.2, 0.25) is 0 Å². The molecule has 2 heteroatoms. The molecule has 0 aromatic rings. The molecule has 0 aromatic heterocycles. The molecule has 2 fully saturated rings. The first-order valence-electron chi connectivity index (χ1n) is 8.77. The third-order valence-electron chi connectivity index (χ3n) is 4.81. The predicted octanol–water partition coefficient (Wildman–Crippen LogP) is 4.29.